The van der Waals surface area contributed by atoms with Gasteiger partial charge >= 0.3 is 0 Å². The number of hydrogen-bond acceptors (Lipinski definition) is 4. The first-order valence-electron chi connectivity index (χ1n) is 9.73. The van der Waals surface area contributed by atoms with E-state index in [4.69, 9.17) is 10.5 Å². The summed E-state index contributed by atoms with van der Waals surface area (Å²) in [5, 5.41) is 3.20. The predicted molar refractivity (Wildman–Crippen MR) is 106 cm³/mol. The van der Waals surface area contributed by atoms with Crippen LogP contribution in [0.5, 0.6) is 11.5 Å². The van der Waals surface area contributed by atoms with E-state index in [0.717, 1.165) is 25.9 Å². The number of nitrogens with two attached hydrogens (primary N) is 1. The van der Waals surface area contributed by atoms with Crippen LogP contribution in [-0.2, 0) is 0 Å². The van der Waals surface area contributed by atoms with Crippen molar-refractivity contribution in [1.82, 2.24) is 10.2 Å². The second-order valence-electron chi connectivity index (χ2n) is 7.70. The third-order valence-electron chi connectivity index (χ3n) is 5.87. The van der Waals surface area contributed by atoms with Crippen molar-refractivity contribution in [1.29, 1.82) is 0 Å². The van der Waals surface area contributed by atoms with Gasteiger partial charge in [-0.2, -0.15) is 0 Å². The van der Waals surface area contributed by atoms with E-state index in [2.05, 4.69) is 17.1 Å². The van der Waals surface area contributed by atoms with Crippen molar-refractivity contribution in [2.24, 2.45) is 11.7 Å². The quantitative estimate of drug-likeness (QED) is 0.837. The number of primary amides is 1. The molecule has 0 saturated carbocycles. The Balaban J connectivity index is 1.41. The Hall–Kier alpha value is -2.86. The molecular weight excluding hydrogens is 354 g/mol. The predicted octanol–water partition coefficient (Wildman–Crippen LogP) is 2.79. The van der Waals surface area contributed by atoms with Gasteiger partial charge < -0.3 is 15.8 Å². The fraction of sp³-hybridized carbons (Fsp3) is 0.364. The Labute approximate surface area is 164 Å². The minimum atomic E-state index is -0.543. The molecule has 5 rings (SSSR count). The number of nitrogens with zero attached hydrogens (tertiary/aromatic N) is 1. The molecule has 2 aromatic carbocycles. The molecule has 0 radical (unpaired) electrons. The lowest BCUT2D eigenvalue weighted by molar-refractivity contribution is 0.0274. The Kier molecular flexibility index (Phi) is 5.05. The SMILES string of the molecule is CC1CC2CCN1CC2NC(=O)c1ccc(Oc2ccccc2C(N)=O)cc1. The Morgan fingerprint density at radius 1 is 1.14 bits per heavy atom. The molecule has 6 nitrogen and oxygen atoms in total. The molecule has 3 aliphatic rings. The van der Waals surface area contributed by atoms with Crippen molar-refractivity contribution in [2.75, 3.05) is 13.1 Å². The molecule has 3 fully saturated rings. The molecule has 146 valence electrons. The van der Waals surface area contributed by atoms with Crippen molar-refractivity contribution in [3.8, 4) is 11.5 Å². The number of hydrogen-bond donors (Lipinski definition) is 2. The van der Waals surface area contributed by atoms with E-state index in [9.17, 15) is 9.59 Å². The van der Waals surface area contributed by atoms with Gasteiger partial charge in [-0.05, 0) is 68.6 Å². The number of carbonyl (C=O) groups is 2. The summed E-state index contributed by atoms with van der Waals surface area (Å²) in [4.78, 5) is 26.6. The van der Waals surface area contributed by atoms with Crippen molar-refractivity contribution >= 4 is 11.8 Å². The van der Waals surface area contributed by atoms with E-state index < -0.39 is 5.91 Å². The van der Waals surface area contributed by atoms with Crippen molar-refractivity contribution in [3.05, 3.63) is 59.7 Å². The highest BCUT2D eigenvalue weighted by atomic mass is 16.5. The molecular formula is C22H25N3O3. The number of amides is 2. The van der Waals surface area contributed by atoms with Gasteiger partial charge in [0.25, 0.3) is 11.8 Å². The van der Waals surface area contributed by atoms with Gasteiger partial charge in [-0.15, -0.1) is 0 Å². The number of benzene rings is 2. The highest BCUT2D eigenvalue weighted by molar-refractivity contribution is 5.96. The van der Waals surface area contributed by atoms with Gasteiger partial charge in [-0.25, -0.2) is 0 Å². The first kappa shape index (κ1) is 18.5. The highest BCUT2D eigenvalue weighted by Crippen LogP contribution is 2.32. The molecule has 3 saturated heterocycles. The van der Waals surface area contributed by atoms with E-state index in [0.29, 0.717) is 34.6 Å². The summed E-state index contributed by atoms with van der Waals surface area (Å²) < 4.78 is 5.77. The number of ether oxygens (including phenoxy) is 1. The summed E-state index contributed by atoms with van der Waals surface area (Å²) in [6, 6.07) is 14.6. The molecule has 2 aromatic rings. The fourth-order valence-electron chi connectivity index (χ4n) is 4.27. The normalized spacial score (nSPS) is 25.9. The molecule has 0 aliphatic carbocycles. The molecule has 4 atom stereocenters. The van der Waals surface area contributed by atoms with Crippen molar-refractivity contribution < 1.29 is 14.3 Å². The van der Waals surface area contributed by atoms with Crippen LogP contribution in [0.2, 0.25) is 0 Å². The first-order valence-corrected chi connectivity index (χ1v) is 9.73. The minimum absolute atomic E-state index is 0.0597. The van der Waals surface area contributed by atoms with Crippen LogP contribution in [0.25, 0.3) is 0 Å². The van der Waals surface area contributed by atoms with E-state index >= 15 is 0 Å². The topological polar surface area (TPSA) is 84.7 Å². The average molecular weight is 379 g/mol. The van der Waals surface area contributed by atoms with Gasteiger partial charge in [0.15, 0.2) is 0 Å². The van der Waals surface area contributed by atoms with Crippen LogP contribution >= 0.6 is 0 Å². The summed E-state index contributed by atoms with van der Waals surface area (Å²) >= 11 is 0. The van der Waals surface area contributed by atoms with Crippen LogP contribution in [0.3, 0.4) is 0 Å². The molecule has 4 unspecified atom stereocenters. The van der Waals surface area contributed by atoms with Crippen LogP contribution < -0.4 is 15.8 Å². The van der Waals surface area contributed by atoms with E-state index in [-0.39, 0.29) is 11.9 Å². The lowest BCUT2D eigenvalue weighted by atomic mass is 9.80. The number of para-hydroxylation sites is 1. The average Bonchev–Trinajstić information content (AvgIpc) is 2.70. The maximum absolute atomic E-state index is 12.7. The molecule has 28 heavy (non-hydrogen) atoms. The molecule has 3 aliphatic heterocycles. The van der Waals surface area contributed by atoms with Gasteiger partial charge in [0, 0.05) is 24.2 Å². The van der Waals surface area contributed by atoms with Gasteiger partial charge in [-0.3, -0.25) is 14.5 Å². The maximum atomic E-state index is 12.7. The number of nitrogens with one attached hydrogen (secondary N) is 1. The first-order chi connectivity index (χ1) is 13.5. The number of rotatable bonds is 5. The number of carbonyl (C=O) groups excluding carboxylic acids is 2. The third-order valence-corrected chi connectivity index (χ3v) is 5.87. The van der Waals surface area contributed by atoms with Gasteiger partial charge in [0.1, 0.15) is 11.5 Å². The monoisotopic (exact) mass is 379 g/mol. The second-order valence-corrected chi connectivity index (χ2v) is 7.70. The summed E-state index contributed by atoms with van der Waals surface area (Å²) in [5.74, 6) is 0.904. The third kappa shape index (κ3) is 3.73. The molecule has 3 heterocycles. The summed E-state index contributed by atoms with van der Waals surface area (Å²) in [6.45, 7) is 4.33. The summed E-state index contributed by atoms with van der Waals surface area (Å²) in [7, 11) is 0. The van der Waals surface area contributed by atoms with Crippen LogP contribution in [0.15, 0.2) is 48.5 Å². The second kappa shape index (κ2) is 7.64. The molecule has 2 amide bonds. The highest BCUT2D eigenvalue weighted by Gasteiger charge is 2.38. The molecule has 3 N–H and O–H groups in total. The summed E-state index contributed by atoms with van der Waals surface area (Å²) in [5.41, 5.74) is 6.30. The Morgan fingerprint density at radius 3 is 2.54 bits per heavy atom. The van der Waals surface area contributed by atoms with Crippen molar-refractivity contribution in [2.45, 2.75) is 31.8 Å². The largest absolute Gasteiger partial charge is 0.457 e. The number of piperidine rings is 3. The molecule has 0 spiro atoms. The standard InChI is InChI=1S/C22H25N3O3/c1-14-12-16-10-11-25(14)13-19(16)24-22(27)15-6-8-17(9-7-15)28-20-5-3-2-4-18(20)21(23)26/h2-9,14,16,19H,10-13H2,1H3,(H2,23,26)(H,24,27). The van der Waals surface area contributed by atoms with Crippen LogP contribution in [-0.4, -0.2) is 41.9 Å². The van der Waals surface area contributed by atoms with Crippen LogP contribution in [0, 0.1) is 5.92 Å². The maximum Gasteiger partial charge on any atom is 0.252 e. The van der Waals surface area contributed by atoms with Gasteiger partial charge in [0.2, 0.25) is 0 Å². The van der Waals surface area contributed by atoms with E-state index in [1.54, 1.807) is 48.5 Å². The summed E-state index contributed by atoms with van der Waals surface area (Å²) in [6.07, 6.45) is 2.30. The molecule has 0 aromatic heterocycles. The fourth-order valence-corrected chi connectivity index (χ4v) is 4.27. The zero-order valence-electron chi connectivity index (χ0n) is 15.9. The Bertz CT molecular complexity index is 881. The van der Waals surface area contributed by atoms with Crippen LogP contribution in [0.1, 0.15) is 40.5 Å². The minimum Gasteiger partial charge on any atom is -0.457 e. The van der Waals surface area contributed by atoms with Crippen LogP contribution in [0.4, 0.5) is 0 Å². The lowest BCUT2D eigenvalue weighted by Gasteiger charge is -2.48. The zero-order chi connectivity index (χ0) is 19.7. The Morgan fingerprint density at radius 2 is 1.89 bits per heavy atom. The van der Waals surface area contributed by atoms with Gasteiger partial charge in [-0.1, -0.05) is 12.1 Å². The lowest BCUT2D eigenvalue weighted by Crippen LogP contribution is -2.60. The number of fused-ring (bicyclic) bond motifs is 3. The van der Waals surface area contributed by atoms with Gasteiger partial charge in [0.05, 0.1) is 5.56 Å². The van der Waals surface area contributed by atoms with E-state index in [1.807, 2.05) is 0 Å². The molecule has 6 heteroatoms. The zero-order valence-corrected chi connectivity index (χ0v) is 15.9. The van der Waals surface area contributed by atoms with Crippen molar-refractivity contribution in [3.63, 3.8) is 0 Å². The molecule has 2 bridgehead atoms. The smallest absolute Gasteiger partial charge is 0.252 e. The van der Waals surface area contributed by atoms with E-state index in [1.165, 1.54) is 0 Å².